The Kier molecular flexibility index (Phi) is 7.27. The second-order valence-corrected chi connectivity index (χ2v) is 8.73. The van der Waals surface area contributed by atoms with E-state index in [2.05, 4.69) is 50.8 Å². The quantitative estimate of drug-likeness (QED) is 0.346. The van der Waals surface area contributed by atoms with Gasteiger partial charge in [-0.2, -0.15) is 4.39 Å². The van der Waals surface area contributed by atoms with Crippen LogP contribution in [-0.2, 0) is 0 Å². The molecule has 1 unspecified atom stereocenters. The summed E-state index contributed by atoms with van der Waals surface area (Å²) in [7, 11) is 0. The Bertz CT molecular complexity index is 1000. The van der Waals surface area contributed by atoms with Gasteiger partial charge in [0.05, 0.1) is 0 Å². The molecule has 31 heavy (non-hydrogen) atoms. The van der Waals surface area contributed by atoms with E-state index in [-0.39, 0.29) is 6.10 Å². The highest BCUT2D eigenvalue weighted by molar-refractivity contribution is 8.00. The lowest BCUT2D eigenvalue weighted by Gasteiger charge is -2.36. The molecule has 0 aliphatic carbocycles. The average Bonchev–Trinajstić information content (AvgIpc) is 2.80. The molecule has 3 aromatic rings. The van der Waals surface area contributed by atoms with E-state index in [0.29, 0.717) is 22.8 Å². The Labute approximate surface area is 191 Å². The van der Waals surface area contributed by atoms with Crippen LogP contribution in [0.3, 0.4) is 0 Å². The third-order valence-corrected chi connectivity index (χ3v) is 6.40. The summed E-state index contributed by atoms with van der Waals surface area (Å²) >= 11 is 7.66. The van der Waals surface area contributed by atoms with Crippen molar-refractivity contribution in [1.82, 2.24) is 14.9 Å². The largest absolute Gasteiger partial charge is 0.473 e. The molecule has 0 saturated carbocycles. The zero-order valence-electron chi connectivity index (χ0n) is 17.2. The lowest BCUT2D eigenvalue weighted by molar-refractivity contribution is 0.0768. The summed E-state index contributed by atoms with van der Waals surface area (Å²) in [5, 5.41) is 0.457. The van der Waals surface area contributed by atoms with Crippen molar-refractivity contribution in [3.8, 4) is 5.88 Å². The number of anilines is 1. The number of aromatic nitrogens is 2. The summed E-state index contributed by atoms with van der Waals surface area (Å²) in [5.74, 6) is 0.345. The van der Waals surface area contributed by atoms with Gasteiger partial charge in [-0.05, 0) is 55.5 Å². The van der Waals surface area contributed by atoms with Gasteiger partial charge in [0.2, 0.25) is 11.8 Å². The highest BCUT2D eigenvalue weighted by atomic mass is 35.5. The molecule has 1 aliphatic heterocycles. The van der Waals surface area contributed by atoms with Crippen LogP contribution in [0.25, 0.3) is 0 Å². The Morgan fingerprint density at radius 3 is 2.65 bits per heavy atom. The minimum absolute atomic E-state index is 0.0948. The van der Waals surface area contributed by atoms with Crippen LogP contribution in [0.15, 0.2) is 65.7 Å². The minimum Gasteiger partial charge on any atom is -0.473 e. The van der Waals surface area contributed by atoms with Crippen LogP contribution in [-0.4, -0.2) is 34.1 Å². The molecule has 0 radical (unpaired) electrons. The van der Waals surface area contributed by atoms with Gasteiger partial charge in [-0.25, -0.2) is 9.97 Å². The number of nitrogens with one attached hydrogen (secondary N) is 1. The number of halogens is 2. The van der Waals surface area contributed by atoms with E-state index >= 15 is 0 Å². The number of piperidine rings is 1. The third kappa shape index (κ3) is 5.87. The van der Waals surface area contributed by atoms with Gasteiger partial charge < -0.3 is 9.46 Å². The van der Waals surface area contributed by atoms with Crippen LogP contribution >= 0.6 is 23.5 Å². The Morgan fingerprint density at radius 2 is 1.94 bits per heavy atom. The molecule has 1 atom stereocenters. The molecule has 3 heterocycles. The molecule has 4 rings (SSSR count). The van der Waals surface area contributed by atoms with E-state index in [4.69, 9.17) is 16.3 Å². The number of rotatable bonds is 7. The first-order valence-electron chi connectivity index (χ1n) is 10.2. The van der Waals surface area contributed by atoms with E-state index in [1.165, 1.54) is 23.6 Å². The van der Waals surface area contributed by atoms with E-state index in [0.717, 1.165) is 30.8 Å². The second-order valence-electron chi connectivity index (χ2n) is 7.45. The van der Waals surface area contributed by atoms with E-state index < -0.39 is 5.95 Å². The molecule has 1 N–H and O–H groups in total. The highest BCUT2D eigenvalue weighted by Gasteiger charge is 2.25. The molecular weight excluding hydrogens is 435 g/mol. The van der Waals surface area contributed by atoms with Gasteiger partial charge in [0.25, 0.3) is 0 Å². The zero-order chi connectivity index (χ0) is 21.6. The van der Waals surface area contributed by atoms with Crippen molar-refractivity contribution in [3.63, 3.8) is 0 Å². The molecule has 0 spiro atoms. The summed E-state index contributed by atoms with van der Waals surface area (Å²) < 4.78 is 22.2. The summed E-state index contributed by atoms with van der Waals surface area (Å²) in [6.07, 6.45) is 3.64. The molecule has 1 fully saturated rings. The number of pyridine rings is 2. The van der Waals surface area contributed by atoms with Crippen molar-refractivity contribution in [1.29, 1.82) is 0 Å². The molecule has 1 aromatic carbocycles. The van der Waals surface area contributed by atoms with Crippen molar-refractivity contribution in [2.24, 2.45) is 0 Å². The maximum atomic E-state index is 13.2. The molecule has 0 amide bonds. The number of likely N-dealkylation sites (tertiary alicyclic amines) is 1. The van der Waals surface area contributed by atoms with E-state index in [9.17, 15) is 4.39 Å². The summed E-state index contributed by atoms with van der Waals surface area (Å²) in [4.78, 5) is 11.4. The van der Waals surface area contributed by atoms with Gasteiger partial charge >= 0.3 is 0 Å². The predicted molar refractivity (Wildman–Crippen MR) is 123 cm³/mol. The van der Waals surface area contributed by atoms with Gasteiger partial charge in [0.15, 0.2) is 0 Å². The van der Waals surface area contributed by atoms with Crippen LogP contribution in [0.2, 0.25) is 5.02 Å². The summed E-state index contributed by atoms with van der Waals surface area (Å²) in [6, 6.07) is 17.3. The standard InChI is InChI=1S/C23H24ClFN4OS/c1-16(17-6-3-2-4-7-17)29-12-10-18(11-13-29)30-23-20(24)14-19(15-26-23)31-28-22-9-5-8-21(25)27-22/h2-9,14-16,18H,10-13H2,1H3,(H,27,28). The smallest absolute Gasteiger partial charge is 0.232 e. The van der Waals surface area contributed by atoms with Crippen LogP contribution in [0.5, 0.6) is 5.88 Å². The fourth-order valence-corrected chi connectivity index (χ4v) is 4.50. The highest BCUT2D eigenvalue weighted by Crippen LogP contribution is 2.31. The maximum absolute atomic E-state index is 13.2. The minimum atomic E-state index is -0.533. The molecule has 1 saturated heterocycles. The first-order chi connectivity index (χ1) is 15.1. The SMILES string of the molecule is CC(c1ccccc1)N1CCC(Oc2ncc(SNc3cccc(F)n3)cc2Cl)CC1. The van der Waals surface area contributed by atoms with E-state index in [1.54, 1.807) is 24.4 Å². The van der Waals surface area contributed by atoms with Crippen molar-refractivity contribution in [2.45, 2.75) is 36.8 Å². The molecule has 5 nitrogen and oxygen atoms in total. The van der Waals surface area contributed by atoms with Gasteiger partial charge in [-0.1, -0.05) is 48.0 Å². The Hall–Kier alpha value is -2.35. The lowest BCUT2D eigenvalue weighted by Crippen LogP contribution is -2.39. The Morgan fingerprint density at radius 1 is 1.16 bits per heavy atom. The van der Waals surface area contributed by atoms with E-state index in [1.807, 2.05) is 6.07 Å². The van der Waals surface area contributed by atoms with Gasteiger partial charge in [-0.15, -0.1) is 0 Å². The first-order valence-corrected chi connectivity index (χ1v) is 11.4. The Balaban J connectivity index is 1.29. The number of benzene rings is 1. The van der Waals surface area contributed by atoms with Crippen LogP contribution in [0.4, 0.5) is 10.2 Å². The maximum Gasteiger partial charge on any atom is 0.232 e. The number of hydrogen-bond donors (Lipinski definition) is 1. The topological polar surface area (TPSA) is 50.3 Å². The van der Waals surface area contributed by atoms with Crippen molar-refractivity contribution < 1.29 is 9.13 Å². The van der Waals surface area contributed by atoms with Crippen molar-refractivity contribution in [2.75, 3.05) is 17.8 Å². The number of hydrogen-bond acceptors (Lipinski definition) is 6. The zero-order valence-corrected chi connectivity index (χ0v) is 18.7. The average molecular weight is 459 g/mol. The van der Waals surface area contributed by atoms with Crippen LogP contribution in [0, 0.1) is 5.95 Å². The molecule has 2 aromatic heterocycles. The fraction of sp³-hybridized carbons (Fsp3) is 0.304. The third-order valence-electron chi connectivity index (χ3n) is 5.36. The lowest BCUT2D eigenvalue weighted by atomic mass is 10.0. The van der Waals surface area contributed by atoms with Crippen LogP contribution < -0.4 is 9.46 Å². The van der Waals surface area contributed by atoms with Crippen molar-refractivity contribution >= 4 is 29.4 Å². The molecule has 162 valence electrons. The van der Waals surface area contributed by atoms with Gasteiger partial charge in [0, 0.05) is 30.2 Å². The van der Waals surface area contributed by atoms with Gasteiger partial charge in [-0.3, -0.25) is 4.90 Å². The molecule has 1 aliphatic rings. The fourth-order valence-electron chi connectivity index (χ4n) is 3.61. The molecule has 0 bridgehead atoms. The normalized spacial score (nSPS) is 16.1. The summed E-state index contributed by atoms with van der Waals surface area (Å²) in [6.45, 7) is 4.19. The van der Waals surface area contributed by atoms with Gasteiger partial charge in [0.1, 0.15) is 16.9 Å². The first kappa shape index (κ1) is 21.9. The molecule has 8 heteroatoms. The predicted octanol–water partition coefficient (Wildman–Crippen LogP) is 5.99. The second kappa shape index (κ2) is 10.3. The van der Waals surface area contributed by atoms with Crippen LogP contribution in [0.1, 0.15) is 31.4 Å². The molecular formula is C23H24ClFN4OS. The number of nitrogens with zero attached hydrogens (tertiary/aromatic N) is 3. The number of ether oxygens (including phenoxy) is 1. The van der Waals surface area contributed by atoms with Crippen molar-refractivity contribution in [3.05, 3.63) is 77.3 Å². The monoisotopic (exact) mass is 458 g/mol. The summed E-state index contributed by atoms with van der Waals surface area (Å²) in [5.41, 5.74) is 1.33.